The van der Waals surface area contributed by atoms with Crippen LogP contribution in [0.5, 0.6) is 0 Å². The SMILES string of the molecule is COC(C(Cc1ccc(F)cc1Br)NN)C(C)(C)C. The summed E-state index contributed by atoms with van der Waals surface area (Å²) in [7, 11) is 1.68. The van der Waals surface area contributed by atoms with Gasteiger partial charge in [-0.05, 0) is 29.5 Å². The van der Waals surface area contributed by atoms with Crippen LogP contribution >= 0.6 is 15.9 Å². The molecular formula is C14H22BrFN2O. The van der Waals surface area contributed by atoms with Crippen molar-refractivity contribution in [3.8, 4) is 0 Å². The molecule has 0 heterocycles. The summed E-state index contributed by atoms with van der Waals surface area (Å²) >= 11 is 3.38. The second-order valence-electron chi connectivity index (χ2n) is 5.74. The van der Waals surface area contributed by atoms with Gasteiger partial charge in [0.25, 0.3) is 0 Å². The van der Waals surface area contributed by atoms with Crippen LogP contribution in [-0.4, -0.2) is 19.3 Å². The molecule has 2 unspecified atom stereocenters. The molecule has 3 N–H and O–H groups in total. The Morgan fingerprint density at radius 3 is 2.47 bits per heavy atom. The maximum absolute atomic E-state index is 13.1. The van der Waals surface area contributed by atoms with Crippen molar-refractivity contribution in [2.75, 3.05) is 7.11 Å². The molecule has 0 aliphatic heterocycles. The van der Waals surface area contributed by atoms with E-state index in [2.05, 4.69) is 42.1 Å². The minimum atomic E-state index is -0.257. The third-order valence-corrected chi connectivity index (χ3v) is 3.88. The summed E-state index contributed by atoms with van der Waals surface area (Å²) in [5.41, 5.74) is 3.76. The zero-order chi connectivity index (χ0) is 14.6. The van der Waals surface area contributed by atoms with E-state index in [-0.39, 0.29) is 23.4 Å². The predicted molar refractivity (Wildman–Crippen MR) is 79.2 cm³/mol. The summed E-state index contributed by atoms with van der Waals surface area (Å²) in [5, 5.41) is 0. The van der Waals surface area contributed by atoms with Gasteiger partial charge in [-0.3, -0.25) is 11.3 Å². The van der Waals surface area contributed by atoms with Crippen molar-refractivity contribution in [1.82, 2.24) is 5.43 Å². The molecule has 0 spiro atoms. The third kappa shape index (κ3) is 4.53. The first-order valence-corrected chi connectivity index (χ1v) is 7.01. The van der Waals surface area contributed by atoms with Crippen molar-refractivity contribution in [3.63, 3.8) is 0 Å². The molecule has 5 heteroatoms. The van der Waals surface area contributed by atoms with Crippen LogP contribution in [0.4, 0.5) is 4.39 Å². The second-order valence-corrected chi connectivity index (χ2v) is 6.59. The van der Waals surface area contributed by atoms with E-state index < -0.39 is 0 Å². The fourth-order valence-electron chi connectivity index (χ4n) is 2.30. The molecule has 108 valence electrons. The van der Waals surface area contributed by atoms with Crippen LogP contribution in [0.3, 0.4) is 0 Å². The molecule has 0 aliphatic rings. The van der Waals surface area contributed by atoms with E-state index in [1.165, 1.54) is 12.1 Å². The number of rotatable bonds is 5. The Morgan fingerprint density at radius 2 is 2.05 bits per heavy atom. The van der Waals surface area contributed by atoms with Crippen molar-refractivity contribution in [1.29, 1.82) is 0 Å². The van der Waals surface area contributed by atoms with E-state index in [0.29, 0.717) is 6.42 Å². The van der Waals surface area contributed by atoms with E-state index in [9.17, 15) is 4.39 Å². The lowest BCUT2D eigenvalue weighted by atomic mass is 9.82. The zero-order valence-electron chi connectivity index (χ0n) is 11.8. The topological polar surface area (TPSA) is 47.3 Å². The molecule has 1 aromatic rings. The van der Waals surface area contributed by atoms with Crippen molar-refractivity contribution < 1.29 is 9.13 Å². The molecule has 0 bridgehead atoms. The van der Waals surface area contributed by atoms with Gasteiger partial charge in [-0.25, -0.2) is 4.39 Å². The summed E-state index contributed by atoms with van der Waals surface area (Å²) < 4.78 is 19.4. The van der Waals surface area contributed by atoms with Gasteiger partial charge in [0.05, 0.1) is 12.1 Å². The fraction of sp³-hybridized carbons (Fsp3) is 0.571. The van der Waals surface area contributed by atoms with E-state index >= 15 is 0 Å². The van der Waals surface area contributed by atoms with Crippen LogP contribution in [0.25, 0.3) is 0 Å². The van der Waals surface area contributed by atoms with Gasteiger partial charge in [0.1, 0.15) is 5.82 Å². The van der Waals surface area contributed by atoms with E-state index in [0.717, 1.165) is 10.0 Å². The monoisotopic (exact) mass is 332 g/mol. The number of halogens is 2. The molecule has 1 aromatic carbocycles. The van der Waals surface area contributed by atoms with Gasteiger partial charge in [0.15, 0.2) is 0 Å². The van der Waals surface area contributed by atoms with Crippen molar-refractivity contribution in [3.05, 3.63) is 34.1 Å². The Morgan fingerprint density at radius 1 is 1.42 bits per heavy atom. The molecule has 3 nitrogen and oxygen atoms in total. The lowest BCUT2D eigenvalue weighted by molar-refractivity contribution is -0.0111. The molecule has 2 atom stereocenters. The molecule has 0 radical (unpaired) electrons. The lowest BCUT2D eigenvalue weighted by Crippen LogP contribution is -2.51. The Balaban J connectivity index is 2.92. The fourth-order valence-corrected chi connectivity index (χ4v) is 2.81. The number of nitrogens with one attached hydrogen (secondary N) is 1. The van der Waals surface area contributed by atoms with Gasteiger partial charge >= 0.3 is 0 Å². The first kappa shape index (κ1) is 16.6. The predicted octanol–water partition coefficient (Wildman–Crippen LogP) is 3.02. The van der Waals surface area contributed by atoms with Gasteiger partial charge in [-0.15, -0.1) is 0 Å². The maximum atomic E-state index is 13.1. The third-order valence-electron chi connectivity index (χ3n) is 3.14. The number of hydrogen-bond donors (Lipinski definition) is 2. The second kappa shape index (κ2) is 6.79. The number of hydrogen-bond acceptors (Lipinski definition) is 3. The lowest BCUT2D eigenvalue weighted by Gasteiger charge is -2.35. The van der Waals surface area contributed by atoms with E-state index in [4.69, 9.17) is 10.6 Å². The first-order chi connectivity index (χ1) is 8.79. The quantitative estimate of drug-likeness (QED) is 0.643. The average Bonchev–Trinajstić information content (AvgIpc) is 2.30. The summed E-state index contributed by atoms with van der Waals surface area (Å²) in [6.45, 7) is 6.31. The van der Waals surface area contributed by atoms with Crippen LogP contribution in [0.2, 0.25) is 0 Å². The number of hydrazine groups is 1. The molecule has 0 saturated carbocycles. The summed E-state index contributed by atoms with van der Waals surface area (Å²) in [5.74, 6) is 5.40. The highest BCUT2D eigenvalue weighted by Gasteiger charge is 2.32. The Kier molecular flexibility index (Phi) is 5.92. The number of benzene rings is 1. The molecule has 0 saturated heterocycles. The van der Waals surface area contributed by atoms with E-state index in [1.54, 1.807) is 13.2 Å². The minimum absolute atomic E-state index is 0.0434. The minimum Gasteiger partial charge on any atom is -0.379 e. The normalized spacial score (nSPS) is 15.3. The Bertz CT molecular complexity index is 420. The van der Waals surface area contributed by atoms with Crippen LogP contribution in [0.1, 0.15) is 26.3 Å². The summed E-state index contributed by atoms with van der Waals surface area (Å²) in [6, 6.07) is 4.62. The molecule has 0 aliphatic carbocycles. The molecule has 19 heavy (non-hydrogen) atoms. The first-order valence-electron chi connectivity index (χ1n) is 6.22. The van der Waals surface area contributed by atoms with Crippen LogP contribution in [-0.2, 0) is 11.2 Å². The van der Waals surface area contributed by atoms with E-state index in [1.807, 2.05) is 0 Å². The molecule has 0 aromatic heterocycles. The van der Waals surface area contributed by atoms with Gasteiger partial charge < -0.3 is 4.74 Å². The number of ether oxygens (including phenoxy) is 1. The van der Waals surface area contributed by atoms with Gasteiger partial charge in [-0.1, -0.05) is 42.8 Å². The average molecular weight is 333 g/mol. The number of methoxy groups -OCH3 is 1. The van der Waals surface area contributed by atoms with Gasteiger partial charge in [0.2, 0.25) is 0 Å². The maximum Gasteiger partial charge on any atom is 0.124 e. The van der Waals surface area contributed by atoms with Crippen LogP contribution in [0, 0.1) is 11.2 Å². The van der Waals surface area contributed by atoms with Crippen molar-refractivity contribution >= 4 is 15.9 Å². The highest BCUT2D eigenvalue weighted by molar-refractivity contribution is 9.10. The Hall–Kier alpha value is -0.490. The molecule has 0 fully saturated rings. The highest BCUT2D eigenvalue weighted by Crippen LogP contribution is 2.27. The smallest absolute Gasteiger partial charge is 0.124 e. The summed E-state index contributed by atoms with van der Waals surface area (Å²) in [4.78, 5) is 0. The molecule has 1 rings (SSSR count). The Labute approximate surface area is 122 Å². The largest absolute Gasteiger partial charge is 0.379 e. The van der Waals surface area contributed by atoms with Crippen molar-refractivity contribution in [2.45, 2.75) is 39.3 Å². The van der Waals surface area contributed by atoms with Crippen LogP contribution < -0.4 is 11.3 Å². The molecular weight excluding hydrogens is 311 g/mol. The van der Waals surface area contributed by atoms with Gasteiger partial charge in [0, 0.05) is 11.6 Å². The van der Waals surface area contributed by atoms with Gasteiger partial charge in [-0.2, -0.15) is 0 Å². The summed E-state index contributed by atoms with van der Waals surface area (Å²) in [6.07, 6.45) is 0.613. The van der Waals surface area contributed by atoms with Crippen LogP contribution in [0.15, 0.2) is 22.7 Å². The number of nitrogens with two attached hydrogens (primary N) is 1. The zero-order valence-corrected chi connectivity index (χ0v) is 13.4. The highest BCUT2D eigenvalue weighted by atomic mass is 79.9. The standard InChI is InChI=1S/C14H22BrFN2O/c1-14(2,3)13(19-4)12(18-17)7-9-5-6-10(16)8-11(9)15/h5-6,8,12-13,18H,7,17H2,1-4H3. The molecule has 0 amide bonds. The van der Waals surface area contributed by atoms with Crippen molar-refractivity contribution in [2.24, 2.45) is 11.3 Å².